The van der Waals surface area contributed by atoms with Crippen LogP contribution in [0.2, 0.25) is 0 Å². The number of rotatable bonds is 7. The van der Waals surface area contributed by atoms with Crippen LogP contribution in [0.15, 0.2) is 48.5 Å². The second-order valence-electron chi connectivity index (χ2n) is 7.49. The molecule has 0 aliphatic heterocycles. The standard InChI is InChI=1S/C18H30FN.C6H6/c1-6-16(8-7-12(2)11-20)14(4)17-9-13(3)10-18(19)15(17)5;1-2-4-6-5-3-1/h9-10,12,14,16H,6-8,11,20H2,1-5H3;1-6H. The summed E-state index contributed by atoms with van der Waals surface area (Å²) in [6.45, 7) is 11.3. The van der Waals surface area contributed by atoms with Crippen molar-refractivity contribution in [1.29, 1.82) is 0 Å². The van der Waals surface area contributed by atoms with Gasteiger partial charge in [-0.3, -0.25) is 0 Å². The Balaban J connectivity index is 0.000000472. The van der Waals surface area contributed by atoms with E-state index in [9.17, 15) is 4.39 Å². The molecule has 0 saturated carbocycles. The van der Waals surface area contributed by atoms with Gasteiger partial charge in [-0.2, -0.15) is 0 Å². The first-order valence-corrected chi connectivity index (χ1v) is 9.87. The average Bonchev–Trinajstić information content (AvgIpc) is 2.66. The fourth-order valence-electron chi connectivity index (χ4n) is 3.38. The Morgan fingerprint density at radius 2 is 1.46 bits per heavy atom. The summed E-state index contributed by atoms with van der Waals surface area (Å²) in [5.74, 6) is 1.51. The summed E-state index contributed by atoms with van der Waals surface area (Å²) >= 11 is 0. The van der Waals surface area contributed by atoms with Crippen molar-refractivity contribution in [3.05, 3.63) is 71.0 Å². The molecule has 144 valence electrons. The Kier molecular flexibility index (Phi) is 10.2. The predicted molar refractivity (Wildman–Crippen MR) is 112 cm³/mol. The summed E-state index contributed by atoms with van der Waals surface area (Å²) in [4.78, 5) is 0. The van der Waals surface area contributed by atoms with E-state index in [0.29, 0.717) is 17.8 Å². The molecule has 0 aromatic heterocycles. The molecule has 3 atom stereocenters. The molecule has 0 heterocycles. The first-order valence-electron chi connectivity index (χ1n) is 9.87. The minimum atomic E-state index is -0.0722. The highest BCUT2D eigenvalue weighted by atomic mass is 19.1. The third-order valence-electron chi connectivity index (χ3n) is 5.35. The molecule has 0 saturated heterocycles. The third kappa shape index (κ3) is 7.29. The molecule has 2 heteroatoms. The van der Waals surface area contributed by atoms with Gasteiger partial charge in [-0.15, -0.1) is 0 Å². The van der Waals surface area contributed by atoms with E-state index in [1.165, 1.54) is 12.0 Å². The van der Waals surface area contributed by atoms with Crippen molar-refractivity contribution in [1.82, 2.24) is 0 Å². The van der Waals surface area contributed by atoms with Gasteiger partial charge in [0.25, 0.3) is 0 Å². The van der Waals surface area contributed by atoms with Crippen LogP contribution in [0.5, 0.6) is 0 Å². The van der Waals surface area contributed by atoms with Gasteiger partial charge in [-0.05, 0) is 73.7 Å². The van der Waals surface area contributed by atoms with Gasteiger partial charge in [0, 0.05) is 0 Å². The average molecular weight is 358 g/mol. The van der Waals surface area contributed by atoms with Gasteiger partial charge >= 0.3 is 0 Å². The maximum Gasteiger partial charge on any atom is 0.126 e. The van der Waals surface area contributed by atoms with Crippen LogP contribution in [-0.4, -0.2) is 6.54 Å². The van der Waals surface area contributed by atoms with Crippen molar-refractivity contribution in [2.45, 2.75) is 59.8 Å². The lowest BCUT2D eigenvalue weighted by Crippen LogP contribution is -2.16. The molecule has 26 heavy (non-hydrogen) atoms. The summed E-state index contributed by atoms with van der Waals surface area (Å²) in [6.07, 6.45) is 3.46. The lowest BCUT2D eigenvalue weighted by molar-refractivity contribution is 0.357. The summed E-state index contributed by atoms with van der Waals surface area (Å²) in [5.41, 5.74) is 8.70. The summed E-state index contributed by atoms with van der Waals surface area (Å²) in [6, 6.07) is 15.8. The lowest BCUT2D eigenvalue weighted by Gasteiger charge is -2.26. The van der Waals surface area contributed by atoms with Gasteiger partial charge in [0.2, 0.25) is 0 Å². The van der Waals surface area contributed by atoms with Crippen molar-refractivity contribution in [3.8, 4) is 0 Å². The molecule has 1 nitrogen and oxygen atoms in total. The summed E-state index contributed by atoms with van der Waals surface area (Å²) in [5, 5.41) is 0. The summed E-state index contributed by atoms with van der Waals surface area (Å²) < 4.78 is 13.9. The van der Waals surface area contributed by atoms with Crippen molar-refractivity contribution in [3.63, 3.8) is 0 Å². The molecular weight excluding hydrogens is 321 g/mol. The minimum Gasteiger partial charge on any atom is -0.330 e. The van der Waals surface area contributed by atoms with Crippen molar-refractivity contribution in [2.75, 3.05) is 6.54 Å². The van der Waals surface area contributed by atoms with Crippen molar-refractivity contribution < 1.29 is 4.39 Å². The quantitative estimate of drug-likeness (QED) is 0.591. The van der Waals surface area contributed by atoms with Gasteiger partial charge in [-0.1, -0.05) is 69.7 Å². The second kappa shape index (κ2) is 11.9. The highest BCUT2D eigenvalue weighted by Crippen LogP contribution is 2.34. The molecule has 0 radical (unpaired) electrons. The van der Waals surface area contributed by atoms with E-state index in [4.69, 9.17) is 5.73 Å². The van der Waals surface area contributed by atoms with Gasteiger partial charge in [0.05, 0.1) is 0 Å². The molecule has 0 bridgehead atoms. The van der Waals surface area contributed by atoms with Gasteiger partial charge in [0.1, 0.15) is 5.82 Å². The zero-order chi connectivity index (χ0) is 19.5. The van der Waals surface area contributed by atoms with Crippen LogP contribution < -0.4 is 5.73 Å². The Morgan fingerprint density at radius 1 is 0.923 bits per heavy atom. The van der Waals surface area contributed by atoms with Crippen molar-refractivity contribution >= 4 is 0 Å². The number of hydrogen-bond donors (Lipinski definition) is 1. The van der Waals surface area contributed by atoms with E-state index in [1.807, 2.05) is 50.2 Å². The monoisotopic (exact) mass is 357 g/mol. The van der Waals surface area contributed by atoms with Crippen LogP contribution in [0, 0.1) is 31.5 Å². The van der Waals surface area contributed by atoms with Crippen LogP contribution in [0.4, 0.5) is 4.39 Å². The first kappa shape index (κ1) is 22.4. The maximum absolute atomic E-state index is 13.9. The third-order valence-corrected chi connectivity index (χ3v) is 5.35. The van der Waals surface area contributed by atoms with Crippen molar-refractivity contribution in [2.24, 2.45) is 17.6 Å². The molecule has 2 aromatic carbocycles. The zero-order valence-electron chi connectivity index (χ0n) is 17.1. The number of halogens is 1. The van der Waals surface area contributed by atoms with E-state index in [1.54, 1.807) is 6.07 Å². The van der Waals surface area contributed by atoms with Crippen LogP contribution in [0.25, 0.3) is 0 Å². The zero-order valence-corrected chi connectivity index (χ0v) is 17.1. The van der Waals surface area contributed by atoms with Gasteiger partial charge in [0.15, 0.2) is 0 Å². The number of aryl methyl sites for hydroxylation is 1. The van der Waals surface area contributed by atoms with Gasteiger partial charge in [-0.25, -0.2) is 4.39 Å². The second-order valence-corrected chi connectivity index (χ2v) is 7.49. The smallest absolute Gasteiger partial charge is 0.126 e. The number of nitrogens with two attached hydrogens (primary N) is 1. The Hall–Kier alpha value is -1.67. The topological polar surface area (TPSA) is 26.0 Å². The largest absolute Gasteiger partial charge is 0.330 e. The molecule has 2 aromatic rings. The minimum absolute atomic E-state index is 0.0722. The van der Waals surface area contributed by atoms with E-state index in [2.05, 4.69) is 26.8 Å². The summed E-state index contributed by atoms with van der Waals surface area (Å²) in [7, 11) is 0. The van der Waals surface area contributed by atoms with E-state index >= 15 is 0 Å². The lowest BCUT2D eigenvalue weighted by atomic mass is 9.79. The molecule has 0 amide bonds. The molecule has 0 aliphatic carbocycles. The highest BCUT2D eigenvalue weighted by Gasteiger charge is 2.21. The Bertz CT molecular complexity index is 597. The van der Waals surface area contributed by atoms with E-state index in [0.717, 1.165) is 30.5 Å². The fourth-order valence-corrected chi connectivity index (χ4v) is 3.38. The first-order chi connectivity index (χ1) is 12.4. The predicted octanol–water partition coefficient (Wildman–Crippen LogP) is 6.63. The Morgan fingerprint density at radius 3 is 1.92 bits per heavy atom. The molecule has 0 fully saturated rings. The van der Waals surface area contributed by atoms with E-state index < -0.39 is 0 Å². The molecular formula is C24H36FN. The van der Waals surface area contributed by atoms with Crippen LogP contribution in [-0.2, 0) is 0 Å². The fraction of sp³-hybridized carbons (Fsp3) is 0.500. The van der Waals surface area contributed by atoms with E-state index in [-0.39, 0.29) is 5.82 Å². The van der Waals surface area contributed by atoms with Crippen LogP contribution in [0.3, 0.4) is 0 Å². The Labute approximate surface area is 159 Å². The molecule has 0 spiro atoms. The molecule has 2 N–H and O–H groups in total. The number of hydrogen-bond acceptors (Lipinski definition) is 1. The molecule has 2 rings (SSSR count). The highest BCUT2D eigenvalue weighted by molar-refractivity contribution is 5.34. The van der Waals surface area contributed by atoms with Crippen LogP contribution in [0.1, 0.15) is 62.6 Å². The maximum atomic E-state index is 13.9. The molecule has 0 aliphatic rings. The number of benzene rings is 2. The van der Waals surface area contributed by atoms with Gasteiger partial charge < -0.3 is 5.73 Å². The van der Waals surface area contributed by atoms with Crippen LogP contribution >= 0.6 is 0 Å². The SMILES string of the molecule is CCC(CCC(C)CN)C(C)c1cc(C)cc(F)c1C.c1ccccc1. The molecule has 3 unspecified atom stereocenters. The normalized spacial score (nSPS) is 14.1.